The predicted molar refractivity (Wildman–Crippen MR) is 74.1 cm³/mol. The molecule has 2 heteroatoms. The van der Waals surface area contributed by atoms with Gasteiger partial charge in [-0.1, -0.05) is 39.8 Å². The van der Waals surface area contributed by atoms with Gasteiger partial charge in [0, 0.05) is 24.9 Å². The molecule has 0 saturated carbocycles. The fourth-order valence-electron chi connectivity index (χ4n) is 1.87. The maximum atomic E-state index is 4.25. The quantitative estimate of drug-likeness (QED) is 0.674. The summed E-state index contributed by atoms with van der Waals surface area (Å²) in [5, 5.41) is 0. The number of allylic oxidation sites excluding steroid dienone is 2. The number of rotatable bonds is 6. The zero-order valence-electron chi connectivity index (χ0n) is 11.7. The molecular formula is C15H26N2. The Morgan fingerprint density at radius 3 is 2.71 bits per heavy atom. The van der Waals surface area contributed by atoms with E-state index in [0.717, 1.165) is 19.4 Å². The van der Waals surface area contributed by atoms with Crippen LogP contribution < -0.4 is 0 Å². The van der Waals surface area contributed by atoms with Crippen molar-refractivity contribution in [2.45, 2.75) is 59.9 Å². The molecule has 17 heavy (non-hydrogen) atoms. The van der Waals surface area contributed by atoms with Gasteiger partial charge in [0.05, 0.1) is 6.33 Å². The van der Waals surface area contributed by atoms with Crippen LogP contribution in [0, 0.1) is 5.41 Å². The van der Waals surface area contributed by atoms with E-state index in [-0.39, 0.29) is 0 Å². The van der Waals surface area contributed by atoms with E-state index < -0.39 is 0 Å². The highest BCUT2D eigenvalue weighted by Crippen LogP contribution is 2.21. The van der Waals surface area contributed by atoms with Gasteiger partial charge in [0.1, 0.15) is 0 Å². The van der Waals surface area contributed by atoms with Crippen molar-refractivity contribution in [3.8, 4) is 0 Å². The summed E-state index contributed by atoms with van der Waals surface area (Å²) in [6.07, 6.45) is 13.0. The number of aryl methyl sites for hydroxylation is 1. The van der Waals surface area contributed by atoms with Gasteiger partial charge in [-0.2, -0.15) is 0 Å². The van der Waals surface area contributed by atoms with E-state index in [9.17, 15) is 0 Å². The molecule has 0 aliphatic rings. The molecule has 96 valence electrons. The molecule has 0 N–H and O–H groups in total. The number of hydrogen-bond acceptors (Lipinski definition) is 1. The monoisotopic (exact) mass is 234 g/mol. The van der Waals surface area contributed by atoms with Gasteiger partial charge in [-0.3, -0.25) is 0 Å². The highest BCUT2D eigenvalue weighted by molar-refractivity contribution is 5.04. The third-order valence-electron chi connectivity index (χ3n) is 2.85. The van der Waals surface area contributed by atoms with Crippen molar-refractivity contribution < 1.29 is 0 Å². The van der Waals surface area contributed by atoms with Gasteiger partial charge >= 0.3 is 0 Å². The average molecular weight is 234 g/mol. The molecule has 0 fully saturated rings. The third-order valence-corrected chi connectivity index (χ3v) is 2.85. The van der Waals surface area contributed by atoms with Gasteiger partial charge in [0.2, 0.25) is 0 Å². The molecular weight excluding hydrogens is 208 g/mol. The molecule has 0 radical (unpaired) electrons. The lowest BCUT2D eigenvalue weighted by molar-refractivity contribution is 0.352. The van der Waals surface area contributed by atoms with Crippen LogP contribution in [0.5, 0.6) is 0 Å². The minimum atomic E-state index is 0.433. The first-order chi connectivity index (χ1) is 8.03. The molecule has 2 nitrogen and oxygen atoms in total. The van der Waals surface area contributed by atoms with Gasteiger partial charge in [0.25, 0.3) is 0 Å². The van der Waals surface area contributed by atoms with E-state index in [2.05, 4.69) is 49.4 Å². The van der Waals surface area contributed by atoms with Crippen LogP contribution in [0.1, 0.15) is 52.7 Å². The van der Waals surface area contributed by atoms with E-state index in [1.165, 1.54) is 18.5 Å². The van der Waals surface area contributed by atoms with E-state index >= 15 is 0 Å². The van der Waals surface area contributed by atoms with Crippen LogP contribution in [0.3, 0.4) is 0 Å². The molecule has 0 amide bonds. The van der Waals surface area contributed by atoms with Crippen LogP contribution in [0.25, 0.3) is 0 Å². The molecule has 0 saturated heterocycles. The Bertz CT molecular complexity index is 342. The number of imidazole rings is 1. The van der Waals surface area contributed by atoms with E-state index in [4.69, 9.17) is 0 Å². The topological polar surface area (TPSA) is 17.8 Å². The van der Waals surface area contributed by atoms with Crippen LogP contribution in [-0.2, 0) is 13.0 Å². The van der Waals surface area contributed by atoms with Gasteiger partial charge in [0.15, 0.2) is 0 Å². The van der Waals surface area contributed by atoms with Crippen molar-refractivity contribution in [3.05, 3.63) is 30.4 Å². The Balaban J connectivity index is 2.43. The molecule has 1 heterocycles. The Hall–Kier alpha value is -1.05. The second kappa shape index (κ2) is 6.63. The van der Waals surface area contributed by atoms with Crippen LogP contribution in [0.2, 0.25) is 0 Å². The molecule has 0 unspecified atom stereocenters. The SMILES string of the molecule is CC/C=C\Cc1cncn1CCCC(C)(C)C. The first kappa shape index (κ1) is 14.0. The Morgan fingerprint density at radius 1 is 1.29 bits per heavy atom. The summed E-state index contributed by atoms with van der Waals surface area (Å²) in [5.74, 6) is 0. The summed E-state index contributed by atoms with van der Waals surface area (Å²) in [5.41, 5.74) is 1.76. The van der Waals surface area contributed by atoms with Crippen LogP contribution in [0.4, 0.5) is 0 Å². The normalized spacial score (nSPS) is 12.5. The van der Waals surface area contributed by atoms with Crippen molar-refractivity contribution >= 4 is 0 Å². The number of nitrogens with zero attached hydrogens (tertiary/aromatic N) is 2. The van der Waals surface area contributed by atoms with Gasteiger partial charge in [-0.05, 0) is 24.7 Å². The van der Waals surface area contributed by atoms with Gasteiger partial charge in [-0.15, -0.1) is 0 Å². The molecule has 0 spiro atoms. The van der Waals surface area contributed by atoms with Gasteiger partial charge in [-0.25, -0.2) is 4.98 Å². The van der Waals surface area contributed by atoms with Gasteiger partial charge < -0.3 is 4.57 Å². The third kappa shape index (κ3) is 5.71. The molecule has 0 aliphatic heterocycles. The molecule has 0 atom stereocenters. The summed E-state index contributed by atoms with van der Waals surface area (Å²) < 4.78 is 2.28. The fourth-order valence-corrected chi connectivity index (χ4v) is 1.87. The summed E-state index contributed by atoms with van der Waals surface area (Å²) in [4.78, 5) is 4.25. The zero-order valence-corrected chi connectivity index (χ0v) is 11.7. The summed E-state index contributed by atoms with van der Waals surface area (Å²) in [7, 11) is 0. The lowest BCUT2D eigenvalue weighted by Crippen LogP contribution is -2.08. The van der Waals surface area contributed by atoms with Crippen molar-refractivity contribution in [1.82, 2.24) is 9.55 Å². The highest BCUT2D eigenvalue weighted by atomic mass is 15.0. The summed E-state index contributed by atoms with van der Waals surface area (Å²) in [6.45, 7) is 10.1. The molecule has 0 aliphatic carbocycles. The van der Waals surface area contributed by atoms with Crippen molar-refractivity contribution in [1.29, 1.82) is 0 Å². The number of aromatic nitrogens is 2. The van der Waals surface area contributed by atoms with Crippen LogP contribution in [-0.4, -0.2) is 9.55 Å². The molecule has 1 rings (SSSR count). The summed E-state index contributed by atoms with van der Waals surface area (Å²) in [6, 6.07) is 0. The number of hydrogen-bond donors (Lipinski definition) is 0. The summed E-state index contributed by atoms with van der Waals surface area (Å²) >= 11 is 0. The van der Waals surface area contributed by atoms with Crippen LogP contribution in [0.15, 0.2) is 24.7 Å². The standard InChI is InChI=1S/C15H26N2/c1-5-6-7-9-14-12-16-13-17(14)11-8-10-15(2,3)4/h6-7,12-13H,5,8-11H2,1-4H3/b7-6-. The van der Waals surface area contributed by atoms with E-state index in [1.54, 1.807) is 0 Å². The second-order valence-electron chi connectivity index (χ2n) is 5.83. The largest absolute Gasteiger partial charge is 0.334 e. The predicted octanol–water partition coefficient (Wildman–Crippen LogP) is 4.22. The maximum absolute atomic E-state index is 4.25. The van der Waals surface area contributed by atoms with Crippen molar-refractivity contribution in [2.75, 3.05) is 0 Å². The minimum absolute atomic E-state index is 0.433. The first-order valence-electron chi connectivity index (χ1n) is 6.67. The first-order valence-corrected chi connectivity index (χ1v) is 6.67. The zero-order chi connectivity index (χ0) is 12.7. The Labute approximate surface area is 106 Å². The minimum Gasteiger partial charge on any atom is -0.334 e. The fraction of sp³-hybridized carbons (Fsp3) is 0.667. The Morgan fingerprint density at radius 2 is 2.06 bits per heavy atom. The van der Waals surface area contributed by atoms with Crippen molar-refractivity contribution in [3.63, 3.8) is 0 Å². The van der Waals surface area contributed by atoms with Crippen molar-refractivity contribution in [2.24, 2.45) is 5.41 Å². The Kier molecular flexibility index (Phi) is 5.46. The molecule has 1 aromatic heterocycles. The molecule has 1 aromatic rings. The molecule has 0 aromatic carbocycles. The second-order valence-corrected chi connectivity index (χ2v) is 5.83. The lowest BCUT2D eigenvalue weighted by Gasteiger charge is -2.18. The van der Waals surface area contributed by atoms with E-state index in [1.807, 2.05) is 12.5 Å². The van der Waals surface area contributed by atoms with E-state index in [0.29, 0.717) is 5.41 Å². The lowest BCUT2D eigenvalue weighted by atomic mass is 9.91. The van der Waals surface area contributed by atoms with Crippen LogP contribution >= 0.6 is 0 Å². The maximum Gasteiger partial charge on any atom is 0.0948 e. The highest BCUT2D eigenvalue weighted by Gasteiger charge is 2.09. The average Bonchev–Trinajstić information content (AvgIpc) is 2.64. The molecule has 0 bridgehead atoms. The smallest absolute Gasteiger partial charge is 0.0948 e.